The molecule has 0 aromatic heterocycles. The average molecular weight is 768 g/mol. The number of nitrogens with zero attached hydrogens (tertiary/aromatic N) is 2. The Morgan fingerprint density at radius 3 is 1.87 bits per heavy atom. The van der Waals surface area contributed by atoms with E-state index in [1.54, 1.807) is 0 Å². The summed E-state index contributed by atoms with van der Waals surface area (Å²) in [6, 6.07) is 7.81. The summed E-state index contributed by atoms with van der Waals surface area (Å²) in [6.45, 7) is 28.0. The van der Waals surface area contributed by atoms with Crippen LogP contribution in [0.15, 0.2) is 18.2 Å². The molecule has 0 radical (unpaired) electrons. The number of aromatic hydroxyl groups is 1. The fourth-order valence-electron chi connectivity index (χ4n) is 8.73. The Balaban J connectivity index is 0.000000250. The third-order valence-electron chi connectivity index (χ3n) is 10.4. The Morgan fingerprint density at radius 1 is 0.935 bits per heavy atom. The standard InChI is InChI=1S/C21H39N2.C17H25NO2.2ClH.Ru/c1-14-9-16(3)20(17(4)10-14)22-7-8-23(13-22)21-18(5)11-15(2)12-19(21)6;1-6-14(5)18-17(19)10-8-15-7-9-16(13(4)11-15)20-12(2)3;;;/h13-21H,7-12H2,1-6H3;4,7,9,11-12,14H,6,8,10H2,1-3,5H3,(H,18,19);2*1H;/q+1;;;;+2/p-1/t14?,15?,16-,17-,18+,19+,20?,21?;;;;. The Labute approximate surface area is 295 Å². The van der Waals surface area contributed by atoms with Crippen LogP contribution >= 0.6 is 19.4 Å². The molecule has 0 bridgehead atoms. The van der Waals surface area contributed by atoms with E-state index in [4.69, 9.17) is 19.4 Å². The molecule has 5 nitrogen and oxygen atoms in total. The summed E-state index contributed by atoms with van der Waals surface area (Å²) < 4.78 is 6.51. The molecule has 3 aliphatic rings. The molecule has 46 heavy (non-hydrogen) atoms. The summed E-state index contributed by atoms with van der Waals surface area (Å²) in [6.07, 6.45) is 7.96. The van der Waals surface area contributed by atoms with Crippen LogP contribution in [0.25, 0.3) is 0 Å². The third kappa shape index (κ3) is 12.0. The van der Waals surface area contributed by atoms with Gasteiger partial charge in [-0.1, -0.05) is 41.5 Å². The first-order valence-corrected chi connectivity index (χ1v) is 23.5. The number of hydrogen-bond donors (Lipinski definition) is 1. The molecule has 2 saturated carbocycles. The molecule has 8 heteroatoms. The monoisotopic (exact) mass is 767 g/mol. The van der Waals surface area contributed by atoms with Gasteiger partial charge < -0.3 is 0 Å². The van der Waals surface area contributed by atoms with Gasteiger partial charge in [0.25, 0.3) is 0 Å². The predicted octanol–water partition coefficient (Wildman–Crippen LogP) is 9.12. The van der Waals surface area contributed by atoms with Crippen molar-refractivity contribution in [2.45, 2.75) is 138 Å². The Hall–Kier alpha value is -0.647. The quantitative estimate of drug-likeness (QED) is 0.147. The predicted molar refractivity (Wildman–Crippen MR) is 195 cm³/mol. The zero-order chi connectivity index (χ0) is 34.1. The number of hydrogen-bond acceptors (Lipinski definition) is 3. The maximum absolute atomic E-state index is 11.9. The fraction of sp³-hybridized carbons (Fsp3) is 0.763. The van der Waals surface area contributed by atoms with Crippen LogP contribution in [0.3, 0.4) is 0 Å². The summed E-state index contributed by atoms with van der Waals surface area (Å²) in [5.74, 6) is 6.18. The second-order valence-electron chi connectivity index (χ2n) is 15.4. The Morgan fingerprint density at radius 2 is 1.43 bits per heavy atom. The Bertz CT molecular complexity index is 1070. The van der Waals surface area contributed by atoms with Gasteiger partial charge in [0.05, 0.1) is 25.2 Å². The van der Waals surface area contributed by atoms with Gasteiger partial charge in [-0.25, -0.2) is 0 Å². The molecule has 1 saturated heterocycles. The third-order valence-corrected chi connectivity index (χ3v) is 12.3. The van der Waals surface area contributed by atoms with E-state index >= 15 is 0 Å². The van der Waals surface area contributed by atoms with Crippen molar-refractivity contribution in [3.05, 3.63) is 36.0 Å². The first-order valence-electron chi connectivity index (χ1n) is 18.0. The van der Waals surface area contributed by atoms with Gasteiger partial charge in [-0.05, 0) is 61.2 Å². The SMILES string of the molecule is CC1C[C@@H](C)C(N2[CH+]N(C3[C@@H](C)CC(C)C[C@@H]3C)CC2)[C@H](C)C1.CCC(C)NC(=O)CCc1ccc([OH+]C(C)C)c([CH]=[Ru]([Cl])[Cl])c1. The van der Waals surface area contributed by atoms with Crippen molar-refractivity contribution in [1.82, 2.24) is 15.1 Å². The molecule has 1 aromatic rings. The molecule has 1 aromatic carbocycles. The summed E-state index contributed by atoms with van der Waals surface area (Å²) in [5.41, 5.74) is 2.07. The van der Waals surface area contributed by atoms with Crippen LogP contribution < -0.4 is 5.32 Å². The number of carbonyl (C=O) groups excluding carboxylic acids is 1. The second kappa shape index (κ2) is 18.9. The molecule has 1 unspecified atom stereocenters. The van der Waals surface area contributed by atoms with E-state index < -0.39 is 13.5 Å². The van der Waals surface area contributed by atoms with Crippen LogP contribution in [-0.4, -0.2) is 62.4 Å². The molecule has 2 N–H and O–H groups in total. The molecule has 1 aliphatic heterocycles. The maximum atomic E-state index is 11.9. The number of rotatable bonds is 10. The molecular weight excluding hydrogens is 702 g/mol. The molecule has 2 aliphatic carbocycles. The van der Waals surface area contributed by atoms with E-state index in [1.165, 1.54) is 38.8 Å². The zero-order valence-electron chi connectivity index (χ0n) is 30.4. The van der Waals surface area contributed by atoms with Crippen molar-refractivity contribution in [2.75, 3.05) is 13.1 Å². The molecule has 5 atom stereocenters. The van der Waals surface area contributed by atoms with E-state index in [9.17, 15) is 4.79 Å². The molecule has 0 spiro atoms. The minimum atomic E-state index is -1.92. The number of amides is 1. The van der Waals surface area contributed by atoms with Crippen LogP contribution in [0.2, 0.25) is 0 Å². The Kier molecular flexibility index (Phi) is 16.4. The number of ether oxygens (including phenoxy) is 1. The molecule has 1 heterocycles. The average Bonchev–Trinajstić information content (AvgIpc) is 3.40. The van der Waals surface area contributed by atoms with Crippen molar-refractivity contribution >= 4 is 29.9 Å². The minimum absolute atomic E-state index is 0.0862. The van der Waals surface area contributed by atoms with Gasteiger partial charge in [0.2, 0.25) is 6.67 Å². The first-order chi connectivity index (χ1) is 21.7. The number of benzene rings is 1. The van der Waals surface area contributed by atoms with Crippen LogP contribution in [0, 0.1) is 42.2 Å². The van der Waals surface area contributed by atoms with E-state index in [2.05, 4.69) is 75.0 Å². The van der Waals surface area contributed by atoms with Gasteiger partial charge in [0, 0.05) is 0 Å². The molecule has 4 rings (SSSR count). The first kappa shape index (κ1) is 39.8. The van der Waals surface area contributed by atoms with Crippen LogP contribution in [0.5, 0.6) is 5.75 Å². The van der Waals surface area contributed by atoms with E-state index in [0.717, 1.165) is 70.9 Å². The van der Waals surface area contributed by atoms with Crippen molar-refractivity contribution in [1.29, 1.82) is 0 Å². The van der Waals surface area contributed by atoms with Crippen molar-refractivity contribution in [2.24, 2.45) is 35.5 Å². The summed E-state index contributed by atoms with van der Waals surface area (Å²) in [4.78, 5) is 17.3. The number of nitrogens with one attached hydrogen (secondary N) is 1. The van der Waals surface area contributed by atoms with Gasteiger partial charge in [-0.15, -0.1) is 9.80 Å². The number of aliphatic hydroxyl groups is 1. The number of aryl methyl sites for hydroxylation is 1. The molecule has 1 amide bonds. The van der Waals surface area contributed by atoms with Gasteiger partial charge in [-0.2, -0.15) is 0 Å². The van der Waals surface area contributed by atoms with Gasteiger partial charge in [0.1, 0.15) is 0 Å². The normalized spacial score (nSPS) is 31.4. The second-order valence-corrected chi connectivity index (χ2v) is 21.2. The molecular formula is C38H65Cl2N3O2Ru+2. The molecule has 3 fully saturated rings. The summed E-state index contributed by atoms with van der Waals surface area (Å²) in [7, 11) is 12.0. The topological polar surface area (TPSA) is 48.4 Å². The van der Waals surface area contributed by atoms with Gasteiger partial charge in [-0.3, -0.25) is 0 Å². The summed E-state index contributed by atoms with van der Waals surface area (Å²) >= 11 is -1.92. The summed E-state index contributed by atoms with van der Waals surface area (Å²) in [5, 5.41) is 2.98. The van der Waals surface area contributed by atoms with Crippen molar-refractivity contribution < 1.29 is 23.0 Å². The number of halogens is 2. The fourth-order valence-corrected chi connectivity index (χ4v) is 10.5. The van der Waals surface area contributed by atoms with Crippen LogP contribution in [-0.2, 0) is 24.7 Å². The van der Waals surface area contributed by atoms with Gasteiger partial charge >= 0.3 is 152 Å². The van der Waals surface area contributed by atoms with Gasteiger partial charge in [0.15, 0.2) is 0 Å². The zero-order valence-corrected chi connectivity index (χ0v) is 33.6. The van der Waals surface area contributed by atoms with Crippen LogP contribution in [0.4, 0.5) is 0 Å². The van der Waals surface area contributed by atoms with Crippen molar-refractivity contribution in [3.63, 3.8) is 0 Å². The molecule has 264 valence electrons. The van der Waals surface area contributed by atoms with E-state index in [0.29, 0.717) is 12.8 Å². The van der Waals surface area contributed by atoms with E-state index in [-0.39, 0.29) is 18.1 Å². The number of carbonyl (C=O) groups is 1. The van der Waals surface area contributed by atoms with Crippen molar-refractivity contribution in [3.8, 4) is 5.75 Å². The van der Waals surface area contributed by atoms with Crippen LogP contribution in [0.1, 0.15) is 119 Å². The van der Waals surface area contributed by atoms with E-state index in [1.807, 2.05) is 43.6 Å².